The Morgan fingerprint density at radius 3 is 2.78 bits per heavy atom. The van der Waals surface area contributed by atoms with Crippen LogP contribution in [0.25, 0.3) is 5.65 Å². The fraction of sp³-hybridized carbons (Fsp3) is 0.500. The number of ether oxygens (including phenoxy) is 2. The summed E-state index contributed by atoms with van der Waals surface area (Å²) in [6.45, 7) is 2.98. The van der Waals surface area contributed by atoms with Crippen LogP contribution in [0, 0.1) is 11.3 Å². The molecule has 0 bridgehead atoms. The minimum absolute atomic E-state index is 0.0543. The molecule has 0 amide bonds. The van der Waals surface area contributed by atoms with Gasteiger partial charge in [-0.15, -0.1) is 0 Å². The lowest BCUT2D eigenvalue weighted by Crippen LogP contribution is -2.39. The normalized spacial score (nSPS) is 21.3. The molecule has 3 aromatic heterocycles. The van der Waals surface area contributed by atoms with Crippen LogP contribution in [-0.4, -0.2) is 70.1 Å². The molecule has 1 aliphatic heterocycles. The predicted molar refractivity (Wildman–Crippen MR) is 118 cm³/mol. The van der Waals surface area contributed by atoms with Gasteiger partial charge < -0.3 is 19.3 Å². The number of aromatic nitrogens is 5. The number of fused-ring (bicyclic) bond motifs is 1. The first-order chi connectivity index (χ1) is 15.7. The first-order valence-electron chi connectivity index (χ1n) is 11.0. The Balaban J connectivity index is 1.28. The van der Waals surface area contributed by atoms with Crippen LogP contribution in [-0.2, 0) is 4.74 Å². The molecule has 0 N–H and O–H groups in total. The number of hydrogen-bond acceptors (Lipinski definition) is 9. The molecule has 32 heavy (non-hydrogen) atoms. The van der Waals surface area contributed by atoms with E-state index in [9.17, 15) is 5.26 Å². The summed E-state index contributed by atoms with van der Waals surface area (Å²) in [6.07, 6.45) is 7.00. The fourth-order valence-electron chi connectivity index (χ4n) is 4.46. The zero-order valence-electron chi connectivity index (χ0n) is 18.1. The Morgan fingerprint density at radius 1 is 1.19 bits per heavy atom. The molecule has 1 saturated heterocycles. The zero-order valence-corrected chi connectivity index (χ0v) is 18.1. The van der Waals surface area contributed by atoms with Crippen molar-refractivity contribution in [3.63, 3.8) is 0 Å². The summed E-state index contributed by atoms with van der Waals surface area (Å²) in [5.74, 6) is 1.58. The van der Waals surface area contributed by atoms with Crippen LogP contribution in [0.5, 0.6) is 6.01 Å². The smallest absolute Gasteiger partial charge is 0.321 e. The molecule has 5 rings (SSSR count). The third kappa shape index (κ3) is 4.03. The van der Waals surface area contributed by atoms with Crippen LogP contribution in [0.4, 0.5) is 11.6 Å². The Morgan fingerprint density at radius 2 is 2.00 bits per heavy atom. The Bertz CT molecular complexity index is 1110. The monoisotopic (exact) mass is 434 g/mol. The summed E-state index contributed by atoms with van der Waals surface area (Å²) in [4.78, 5) is 17.9. The van der Waals surface area contributed by atoms with Crippen molar-refractivity contribution in [2.45, 2.75) is 37.8 Å². The zero-order chi connectivity index (χ0) is 21.9. The quantitative estimate of drug-likeness (QED) is 0.596. The molecule has 0 unspecified atom stereocenters. The summed E-state index contributed by atoms with van der Waals surface area (Å²) < 4.78 is 13.5. The SMILES string of the molecule is CN(c1ncccc1C#N)[C@H]1CC[C@@H](Oc2nc(N3CCOCC3)cc3ncnn23)CC1. The van der Waals surface area contributed by atoms with Crippen molar-refractivity contribution in [3.8, 4) is 12.1 Å². The highest BCUT2D eigenvalue weighted by atomic mass is 16.5. The number of nitrogens with zero attached hydrogens (tertiary/aromatic N) is 8. The van der Waals surface area contributed by atoms with Crippen molar-refractivity contribution in [3.05, 3.63) is 36.3 Å². The molecule has 166 valence electrons. The summed E-state index contributed by atoms with van der Waals surface area (Å²) in [6, 6.07) is 8.58. The molecule has 10 nitrogen and oxygen atoms in total. The van der Waals surface area contributed by atoms with Gasteiger partial charge in [-0.3, -0.25) is 0 Å². The maximum Gasteiger partial charge on any atom is 0.321 e. The average Bonchev–Trinajstić information content (AvgIpc) is 3.34. The van der Waals surface area contributed by atoms with Gasteiger partial charge in [-0.05, 0) is 37.8 Å². The van der Waals surface area contributed by atoms with Crippen LogP contribution >= 0.6 is 0 Å². The Hall–Kier alpha value is -3.45. The molecule has 10 heteroatoms. The number of pyridine rings is 1. The van der Waals surface area contributed by atoms with Crippen molar-refractivity contribution in [1.29, 1.82) is 5.26 Å². The standard InChI is InChI=1S/C22H26N8O2/c1-28(21-16(14-23)3-2-8-24-21)17-4-6-18(7-5-17)32-22-27-20(29-9-11-31-12-10-29)13-19-25-15-26-30(19)22/h2-3,8,13,15,17-18H,4-7,9-12H2,1H3/t17-,18+. The Kier molecular flexibility index (Phi) is 5.73. The van der Waals surface area contributed by atoms with Crippen molar-refractivity contribution in [2.75, 3.05) is 43.2 Å². The van der Waals surface area contributed by atoms with E-state index in [4.69, 9.17) is 14.5 Å². The summed E-state index contributed by atoms with van der Waals surface area (Å²) in [7, 11) is 2.02. The molecule has 4 heterocycles. The highest BCUT2D eigenvalue weighted by Crippen LogP contribution is 2.29. The van der Waals surface area contributed by atoms with Gasteiger partial charge in [0.25, 0.3) is 0 Å². The number of nitriles is 1. The van der Waals surface area contributed by atoms with E-state index in [0.29, 0.717) is 30.8 Å². The summed E-state index contributed by atoms with van der Waals surface area (Å²) >= 11 is 0. The van der Waals surface area contributed by atoms with E-state index in [0.717, 1.165) is 56.1 Å². The van der Waals surface area contributed by atoms with Gasteiger partial charge in [0, 0.05) is 38.4 Å². The maximum atomic E-state index is 9.39. The number of hydrogen-bond donors (Lipinski definition) is 0. The maximum absolute atomic E-state index is 9.39. The third-order valence-corrected chi connectivity index (χ3v) is 6.26. The summed E-state index contributed by atoms with van der Waals surface area (Å²) in [5.41, 5.74) is 1.33. The van der Waals surface area contributed by atoms with Gasteiger partial charge in [0.2, 0.25) is 0 Å². The van der Waals surface area contributed by atoms with Gasteiger partial charge in [0.05, 0.1) is 18.8 Å². The predicted octanol–water partition coefficient (Wildman–Crippen LogP) is 2.05. The minimum Gasteiger partial charge on any atom is -0.460 e. The lowest BCUT2D eigenvalue weighted by molar-refractivity contribution is 0.120. The van der Waals surface area contributed by atoms with Gasteiger partial charge in [0.1, 0.15) is 30.1 Å². The topological polar surface area (TPSA) is 105 Å². The highest BCUT2D eigenvalue weighted by molar-refractivity contribution is 5.54. The van der Waals surface area contributed by atoms with Gasteiger partial charge in [-0.2, -0.15) is 19.9 Å². The van der Waals surface area contributed by atoms with Gasteiger partial charge in [0.15, 0.2) is 5.65 Å². The third-order valence-electron chi connectivity index (χ3n) is 6.26. The second-order valence-corrected chi connectivity index (χ2v) is 8.17. The van der Waals surface area contributed by atoms with Crippen molar-refractivity contribution < 1.29 is 9.47 Å². The van der Waals surface area contributed by atoms with Crippen LogP contribution in [0.3, 0.4) is 0 Å². The van der Waals surface area contributed by atoms with Crippen molar-refractivity contribution in [2.24, 2.45) is 0 Å². The van der Waals surface area contributed by atoms with E-state index >= 15 is 0 Å². The van der Waals surface area contributed by atoms with Crippen LogP contribution in [0.1, 0.15) is 31.2 Å². The van der Waals surface area contributed by atoms with Crippen LogP contribution in [0.2, 0.25) is 0 Å². The van der Waals surface area contributed by atoms with E-state index in [1.54, 1.807) is 16.8 Å². The number of anilines is 2. The molecule has 1 aliphatic carbocycles. The molecule has 3 aromatic rings. The lowest BCUT2D eigenvalue weighted by atomic mass is 9.92. The minimum atomic E-state index is 0.0543. The second kappa shape index (κ2) is 8.96. The van der Waals surface area contributed by atoms with Crippen molar-refractivity contribution >= 4 is 17.3 Å². The van der Waals surface area contributed by atoms with E-state index < -0.39 is 0 Å². The molecule has 0 radical (unpaired) electrons. The van der Waals surface area contributed by atoms with E-state index in [-0.39, 0.29) is 6.10 Å². The molecular weight excluding hydrogens is 408 g/mol. The van der Waals surface area contributed by atoms with Crippen LogP contribution in [0.15, 0.2) is 30.7 Å². The molecule has 0 atom stereocenters. The summed E-state index contributed by atoms with van der Waals surface area (Å²) in [5, 5.41) is 13.7. The van der Waals surface area contributed by atoms with Gasteiger partial charge in [-0.25, -0.2) is 9.97 Å². The van der Waals surface area contributed by atoms with E-state index in [1.807, 2.05) is 19.2 Å². The van der Waals surface area contributed by atoms with E-state index in [2.05, 4.69) is 30.9 Å². The number of rotatable bonds is 5. The molecule has 2 fully saturated rings. The average molecular weight is 435 g/mol. The molecule has 0 spiro atoms. The largest absolute Gasteiger partial charge is 0.460 e. The molecule has 2 aliphatic rings. The Labute approximate surface area is 186 Å². The first-order valence-corrected chi connectivity index (χ1v) is 11.0. The molecule has 0 aromatic carbocycles. The first kappa shape index (κ1) is 20.5. The van der Waals surface area contributed by atoms with Gasteiger partial charge >= 0.3 is 6.01 Å². The second-order valence-electron chi connectivity index (χ2n) is 8.17. The van der Waals surface area contributed by atoms with Crippen LogP contribution < -0.4 is 14.5 Å². The van der Waals surface area contributed by atoms with Gasteiger partial charge in [-0.1, -0.05) is 0 Å². The lowest BCUT2D eigenvalue weighted by Gasteiger charge is -2.35. The molecule has 1 saturated carbocycles. The molecular formula is C22H26N8O2. The highest BCUT2D eigenvalue weighted by Gasteiger charge is 2.28. The number of morpholine rings is 1. The fourth-order valence-corrected chi connectivity index (χ4v) is 4.46. The van der Waals surface area contributed by atoms with E-state index in [1.165, 1.54) is 6.33 Å². The van der Waals surface area contributed by atoms with Crippen molar-refractivity contribution in [1.82, 2.24) is 24.6 Å².